The maximum atomic E-state index is 12.9. The molecule has 1 atom stereocenters. The molecule has 2 aromatic rings. The van der Waals surface area contributed by atoms with Crippen molar-refractivity contribution in [2.24, 2.45) is 0 Å². The van der Waals surface area contributed by atoms with Gasteiger partial charge < -0.3 is 15.2 Å². The summed E-state index contributed by atoms with van der Waals surface area (Å²) >= 11 is 0. The van der Waals surface area contributed by atoms with Gasteiger partial charge in [-0.25, -0.2) is 4.39 Å². The fraction of sp³-hybridized carbons (Fsp3) is 0.278. The normalized spacial score (nSPS) is 11.9. The van der Waals surface area contributed by atoms with Gasteiger partial charge in [0.05, 0.1) is 6.61 Å². The van der Waals surface area contributed by atoms with E-state index in [1.165, 1.54) is 12.1 Å². The highest BCUT2D eigenvalue weighted by Crippen LogP contribution is 2.12. The molecule has 0 radical (unpaired) electrons. The Hall–Kier alpha value is -2.40. The van der Waals surface area contributed by atoms with Gasteiger partial charge in [0.1, 0.15) is 17.6 Å². The van der Waals surface area contributed by atoms with Gasteiger partial charge >= 0.3 is 5.97 Å². The van der Waals surface area contributed by atoms with Crippen LogP contribution in [0.1, 0.15) is 18.1 Å². The number of aromatic hydroxyl groups is 1. The quantitative estimate of drug-likeness (QED) is 0.771. The minimum Gasteiger partial charge on any atom is -0.508 e. The van der Waals surface area contributed by atoms with E-state index in [2.05, 4.69) is 5.32 Å². The Morgan fingerprint density at radius 1 is 1.13 bits per heavy atom. The van der Waals surface area contributed by atoms with E-state index in [1.807, 2.05) is 0 Å². The molecule has 0 spiro atoms. The van der Waals surface area contributed by atoms with Crippen molar-refractivity contribution in [1.82, 2.24) is 5.32 Å². The van der Waals surface area contributed by atoms with Crippen LogP contribution < -0.4 is 5.32 Å². The zero-order chi connectivity index (χ0) is 16.7. The lowest BCUT2D eigenvalue weighted by Crippen LogP contribution is -2.39. The molecule has 5 heteroatoms. The van der Waals surface area contributed by atoms with Crippen molar-refractivity contribution in [3.05, 3.63) is 65.5 Å². The number of phenolic OH excluding ortho intramolecular Hbond substituents is 1. The molecule has 0 aliphatic carbocycles. The summed E-state index contributed by atoms with van der Waals surface area (Å²) in [4.78, 5) is 12.1. The maximum Gasteiger partial charge on any atom is 0.323 e. The van der Waals surface area contributed by atoms with Gasteiger partial charge in [-0.3, -0.25) is 4.79 Å². The van der Waals surface area contributed by atoms with Crippen molar-refractivity contribution >= 4 is 5.97 Å². The first-order valence-electron chi connectivity index (χ1n) is 7.51. The molecule has 0 heterocycles. The number of benzene rings is 2. The van der Waals surface area contributed by atoms with E-state index in [0.717, 1.165) is 11.1 Å². The summed E-state index contributed by atoms with van der Waals surface area (Å²) in [5.74, 6) is -0.442. The standard InChI is InChI=1S/C18H20FNO3/c1-2-23-18(22)17(11-13-5-9-16(21)10-6-13)20-12-14-3-7-15(19)8-4-14/h3-10,17,20-21H,2,11-12H2,1H3/t17-/m0/s1. The first-order chi connectivity index (χ1) is 11.1. The molecule has 122 valence electrons. The average molecular weight is 317 g/mol. The van der Waals surface area contributed by atoms with Crippen LogP contribution >= 0.6 is 0 Å². The molecular weight excluding hydrogens is 297 g/mol. The molecule has 0 aromatic heterocycles. The van der Waals surface area contributed by atoms with E-state index in [-0.39, 0.29) is 17.5 Å². The number of carbonyl (C=O) groups is 1. The summed E-state index contributed by atoms with van der Waals surface area (Å²) in [7, 11) is 0. The number of halogens is 1. The van der Waals surface area contributed by atoms with Crippen molar-refractivity contribution < 1.29 is 19.0 Å². The Balaban J connectivity index is 2.02. The molecule has 0 unspecified atom stereocenters. The molecule has 23 heavy (non-hydrogen) atoms. The highest BCUT2D eigenvalue weighted by atomic mass is 19.1. The van der Waals surface area contributed by atoms with Gasteiger partial charge in [0.25, 0.3) is 0 Å². The van der Waals surface area contributed by atoms with E-state index in [4.69, 9.17) is 4.74 Å². The van der Waals surface area contributed by atoms with Gasteiger partial charge in [0.2, 0.25) is 0 Å². The molecule has 4 nitrogen and oxygen atoms in total. The third-order valence-electron chi connectivity index (χ3n) is 3.41. The Morgan fingerprint density at radius 2 is 1.74 bits per heavy atom. The minimum atomic E-state index is -0.510. The molecule has 0 saturated carbocycles. The zero-order valence-electron chi connectivity index (χ0n) is 13.0. The number of ether oxygens (including phenoxy) is 1. The van der Waals surface area contributed by atoms with Crippen LogP contribution in [0, 0.1) is 5.82 Å². The van der Waals surface area contributed by atoms with Crippen molar-refractivity contribution in [1.29, 1.82) is 0 Å². The predicted octanol–water partition coefficient (Wildman–Crippen LogP) is 2.80. The second-order valence-electron chi connectivity index (χ2n) is 5.18. The summed E-state index contributed by atoms with van der Waals surface area (Å²) in [6, 6.07) is 12.3. The number of hydrogen-bond donors (Lipinski definition) is 2. The molecule has 0 amide bonds. The molecule has 0 aliphatic heterocycles. The third kappa shape index (κ3) is 5.38. The van der Waals surface area contributed by atoms with Crippen molar-refractivity contribution in [3.8, 4) is 5.75 Å². The Bertz CT molecular complexity index is 626. The van der Waals surface area contributed by atoms with Crippen LogP contribution in [0.5, 0.6) is 5.75 Å². The molecule has 0 bridgehead atoms. The minimum absolute atomic E-state index is 0.181. The number of hydrogen-bond acceptors (Lipinski definition) is 4. The molecule has 0 aliphatic rings. The largest absolute Gasteiger partial charge is 0.508 e. The predicted molar refractivity (Wildman–Crippen MR) is 85.5 cm³/mol. The number of phenols is 1. The second-order valence-corrected chi connectivity index (χ2v) is 5.18. The lowest BCUT2D eigenvalue weighted by molar-refractivity contribution is -0.145. The van der Waals surface area contributed by atoms with E-state index in [1.54, 1.807) is 43.3 Å². The maximum absolute atomic E-state index is 12.9. The molecule has 0 fully saturated rings. The fourth-order valence-electron chi connectivity index (χ4n) is 2.19. The highest BCUT2D eigenvalue weighted by Gasteiger charge is 2.19. The molecule has 2 aromatic carbocycles. The van der Waals surface area contributed by atoms with Crippen LogP contribution in [-0.2, 0) is 22.5 Å². The monoisotopic (exact) mass is 317 g/mol. The number of nitrogens with one attached hydrogen (secondary N) is 1. The summed E-state index contributed by atoms with van der Waals surface area (Å²) in [6.07, 6.45) is 0.445. The number of esters is 1. The molecule has 0 saturated heterocycles. The SMILES string of the molecule is CCOC(=O)[C@H](Cc1ccc(O)cc1)NCc1ccc(F)cc1. The Labute approximate surface area is 134 Å². The van der Waals surface area contributed by atoms with Crippen LogP contribution in [0.4, 0.5) is 4.39 Å². The van der Waals surface area contributed by atoms with E-state index >= 15 is 0 Å². The summed E-state index contributed by atoms with van der Waals surface area (Å²) in [6.45, 7) is 2.50. The van der Waals surface area contributed by atoms with Crippen LogP contribution in [-0.4, -0.2) is 23.7 Å². The number of carbonyl (C=O) groups excluding carboxylic acids is 1. The first-order valence-corrected chi connectivity index (χ1v) is 7.51. The Morgan fingerprint density at radius 3 is 2.35 bits per heavy atom. The summed E-state index contributed by atoms with van der Waals surface area (Å²) in [5.41, 5.74) is 1.79. The lowest BCUT2D eigenvalue weighted by Gasteiger charge is -2.17. The van der Waals surface area contributed by atoms with Gasteiger partial charge in [-0.05, 0) is 48.7 Å². The summed E-state index contributed by atoms with van der Waals surface area (Å²) in [5, 5.41) is 12.5. The Kier molecular flexibility index (Phi) is 6.11. The average Bonchev–Trinajstić information content (AvgIpc) is 2.55. The van der Waals surface area contributed by atoms with Gasteiger partial charge in [0.15, 0.2) is 0 Å². The van der Waals surface area contributed by atoms with Crippen molar-refractivity contribution in [2.75, 3.05) is 6.61 Å². The molecule has 2 rings (SSSR count). The zero-order valence-corrected chi connectivity index (χ0v) is 13.0. The van der Waals surface area contributed by atoms with Crippen LogP contribution in [0.2, 0.25) is 0 Å². The van der Waals surface area contributed by atoms with Gasteiger partial charge in [-0.1, -0.05) is 24.3 Å². The highest BCUT2D eigenvalue weighted by molar-refractivity contribution is 5.76. The molecule has 2 N–H and O–H groups in total. The van der Waals surface area contributed by atoms with Crippen LogP contribution in [0.25, 0.3) is 0 Å². The van der Waals surface area contributed by atoms with Crippen molar-refractivity contribution in [3.63, 3.8) is 0 Å². The smallest absolute Gasteiger partial charge is 0.323 e. The molecular formula is C18H20FNO3. The number of rotatable bonds is 7. The van der Waals surface area contributed by atoms with Crippen molar-refractivity contribution in [2.45, 2.75) is 25.9 Å². The van der Waals surface area contributed by atoms with Crippen LogP contribution in [0.3, 0.4) is 0 Å². The van der Waals surface area contributed by atoms with Gasteiger partial charge in [-0.2, -0.15) is 0 Å². The topological polar surface area (TPSA) is 58.6 Å². The van der Waals surface area contributed by atoms with Gasteiger partial charge in [-0.15, -0.1) is 0 Å². The fourth-order valence-corrected chi connectivity index (χ4v) is 2.19. The second kappa shape index (κ2) is 8.29. The van der Waals surface area contributed by atoms with Gasteiger partial charge in [0, 0.05) is 6.54 Å². The third-order valence-corrected chi connectivity index (χ3v) is 3.41. The van der Waals surface area contributed by atoms with E-state index in [0.29, 0.717) is 19.6 Å². The van der Waals surface area contributed by atoms with Crippen LogP contribution in [0.15, 0.2) is 48.5 Å². The van der Waals surface area contributed by atoms with E-state index < -0.39 is 6.04 Å². The van der Waals surface area contributed by atoms with E-state index in [9.17, 15) is 14.3 Å². The summed E-state index contributed by atoms with van der Waals surface area (Å²) < 4.78 is 18.0. The first kappa shape index (κ1) is 17.0. The lowest BCUT2D eigenvalue weighted by atomic mass is 10.1.